The summed E-state index contributed by atoms with van der Waals surface area (Å²) in [5.41, 5.74) is 0.422. The van der Waals surface area contributed by atoms with Gasteiger partial charge in [0.15, 0.2) is 0 Å². The molecular formula is C19H14F3N3O. The van der Waals surface area contributed by atoms with Gasteiger partial charge in [-0.25, -0.2) is 13.2 Å². The van der Waals surface area contributed by atoms with Crippen molar-refractivity contribution in [2.75, 3.05) is 5.32 Å². The van der Waals surface area contributed by atoms with Gasteiger partial charge in [0.2, 0.25) is 0 Å². The van der Waals surface area contributed by atoms with Crippen LogP contribution >= 0.6 is 0 Å². The minimum absolute atomic E-state index is 0.00506. The van der Waals surface area contributed by atoms with Gasteiger partial charge < -0.3 is 10.6 Å². The fourth-order valence-corrected chi connectivity index (χ4v) is 2.31. The second-order valence-electron chi connectivity index (χ2n) is 5.46. The Bertz CT molecular complexity index is 927. The van der Waals surface area contributed by atoms with Gasteiger partial charge in [0.1, 0.15) is 23.1 Å². The number of carbonyl (C=O) groups excluding carboxylic acids is 1. The molecule has 7 heteroatoms. The number of carbonyl (C=O) groups is 1. The molecule has 3 aromatic rings. The van der Waals surface area contributed by atoms with E-state index in [-0.39, 0.29) is 23.5 Å². The monoisotopic (exact) mass is 357 g/mol. The van der Waals surface area contributed by atoms with Gasteiger partial charge in [-0.15, -0.1) is 0 Å². The van der Waals surface area contributed by atoms with Crippen LogP contribution in [0.3, 0.4) is 0 Å². The highest BCUT2D eigenvalue weighted by Crippen LogP contribution is 2.23. The fourth-order valence-electron chi connectivity index (χ4n) is 2.31. The van der Waals surface area contributed by atoms with Crippen LogP contribution in [0.15, 0.2) is 60.9 Å². The Morgan fingerprint density at radius 2 is 1.62 bits per heavy atom. The third kappa shape index (κ3) is 4.00. The van der Waals surface area contributed by atoms with Crippen molar-refractivity contribution in [3.8, 4) is 0 Å². The molecule has 2 N–H and O–H groups in total. The van der Waals surface area contributed by atoms with Gasteiger partial charge in [0.05, 0.1) is 17.4 Å². The highest BCUT2D eigenvalue weighted by atomic mass is 19.1. The van der Waals surface area contributed by atoms with Crippen LogP contribution in [0.5, 0.6) is 0 Å². The van der Waals surface area contributed by atoms with E-state index >= 15 is 0 Å². The molecule has 0 unspecified atom stereocenters. The van der Waals surface area contributed by atoms with Crippen LogP contribution in [0.4, 0.5) is 24.5 Å². The number of para-hydroxylation sites is 1. The fraction of sp³-hybridized carbons (Fsp3) is 0.0526. The van der Waals surface area contributed by atoms with E-state index in [4.69, 9.17) is 0 Å². The summed E-state index contributed by atoms with van der Waals surface area (Å²) in [5, 5.41) is 5.14. The standard InChI is InChI=1S/C19H14F3N3O/c20-15-5-2-1-4-12(15)10-24-19(26)13-8-14(11-23-9-13)25-18-16(21)6-3-7-17(18)22/h1-9,11,25H,10H2,(H,24,26). The van der Waals surface area contributed by atoms with E-state index in [0.29, 0.717) is 5.56 Å². The lowest BCUT2D eigenvalue weighted by Gasteiger charge is -2.10. The predicted octanol–water partition coefficient (Wildman–Crippen LogP) is 4.17. The minimum Gasteiger partial charge on any atom is -0.349 e. The van der Waals surface area contributed by atoms with Crippen molar-refractivity contribution in [1.82, 2.24) is 10.3 Å². The van der Waals surface area contributed by atoms with Crippen molar-refractivity contribution < 1.29 is 18.0 Å². The van der Waals surface area contributed by atoms with Gasteiger partial charge >= 0.3 is 0 Å². The highest BCUT2D eigenvalue weighted by molar-refractivity contribution is 5.94. The normalized spacial score (nSPS) is 10.4. The minimum atomic E-state index is -0.764. The molecule has 0 radical (unpaired) electrons. The van der Waals surface area contributed by atoms with Gasteiger partial charge in [-0.2, -0.15) is 0 Å². The largest absolute Gasteiger partial charge is 0.349 e. The van der Waals surface area contributed by atoms with Crippen LogP contribution in [0.2, 0.25) is 0 Å². The molecule has 0 bridgehead atoms. The SMILES string of the molecule is O=C(NCc1ccccc1F)c1cncc(Nc2c(F)cccc2F)c1. The van der Waals surface area contributed by atoms with E-state index in [9.17, 15) is 18.0 Å². The lowest BCUT2D eigenvalue weighted by atomic mass is 10.2. The van der Waals surface area contributed by atoms with Crippen molar-refractivity contribution in [3.63, 3.8) is 0 Å². The number of rotatable bonds is 5. The summed E-state index contributed by atoms with van der Waals surface area (Å²) in [5.74, 6) is -2.44. The van der Waals surface area contributed by atoms with E-state index in [1.165, 1.54) is 30.6 Å². The van der Waals surface area contributed by atoms with E-state index in [1.807, 2.05) is 0 Å². The highest BCUT2D eigenvalue weighted by Gasteiger charge is 2.11. The molecule has 132 valence electrons. The van der Waals surface area contributed by atoms with Crippen molar-refractivity contribution in [2.45, 2.75) is 6.54 Å². The number of nitrogens with one attached hydrogen (secondary N) is 2. The quantitative estimate of drug-likeness (QED) is 0.721. The van der Waals surface area contributed by atoms with Crippen molar-refractivity contribution >= 4 is 17.3 Å². The average molecular weight is 357 g/mol. The molecule has 3 rings (SSSR count). The number of hydrogen-bond donors (Lipinski definition) is 2. The molecule has 0 aliphatic rings. The molecule has 1 aromatic heterocycles. The summed E-state index contributed by atoms with van der Waals surface area (Å²) in [6, 6.07) is 11.0. The zero-order chi connectivity index (χ0) is 18.5. The van der Waals surface area contributed by atoms with Crippen LogP contribution < -0.4 is 10.6 Å². The summed E-state index contributed by atoms with van der Waals surface area (Å²) in [7, 11) is 0. The maximum absolute atomic E-state index is 13.7. The third-order valence-electron chi connectivity index (χ3n) is 3.63. The van der Waals surface area contributed by atoms with Crippen molar-refractivity contribution in [3.05, 3.63) is 89.5 Å². The predicted molar refractivity (Wildman–Crippen MR) is 91.4 cm³/mol. The average Bonchev–Trinajstić information content (AvgIpc) is 2.64. The Balaban J connectivity index is 1.72. The summed E-state index contributed by atoms with van der Waals surface area (Å²) >= 11 is 0. The number of anilines is 2. The van der Waals surface area contributed by atoms with E-state index in [1.54, 1.807) is 18.2 Å². The third-order valence-corrected chi connectivity index (χ3v) is 3.63. The van der Waals surface area contributed by atoms with Gasteiger partial charge in [0, 0.05) is 18.3 Å². The van der Waals surface area contributed by atoms with Crippen molar-refractivity contribution in [1.29, 1.82) is 0 Å². The van der Waals surface area contributed by atoms with Gasteiger partial charge in [-0.05, 0) is 24.3 Å². The van der Waals surface area contributed by atoms with Gasteiger partial charge in [-0.3, -0.25) is 9.78 Å². The van der Waals surface area contributed by atoms with Crippen LogP contribution in [0.25, 0.3) is 0 Å². The number of pyridine rings is 1. The number of halogens is 3. The Labute approximate surface area is 147 Å². The van der Waals surface area contributed by atoms with E-state index < -0.39 is 23.4 Å². The van der Waals surface area contributed by atoms with Crippen LogP contribution in [0.1, 0.15) is 15.9 Å². The molecule has 0 fully saturated rings. The maximum atomic E-state index is 13.7. The van der Waals surface area contributed by atoms with Gasteiger partial charge in [0.25, 0.3) is 5.91 Å². The number of aromatic nitrogens is 1. The number of hydrogen-bond acceptors (Lipinski definition) is 3. The lowest BCUT2D eigenvalue weighted by molar-refractivity contribution is 0.0950. The Morgan fingerprint density at radius 3 is 2.35 bits per heavy atom. The van der Waals surface area contributed by atoms with Crippen LogP contribution in [-0.4, -0.2) is 10.9 Å². The zero-order valence-electron chi connectivity index (χ0n) is 13.5. The molecule has 0 saturated heterocycles. The molecule has 26 heavy (non-hydrogen) atoms. The number of amides is 1. The summed E-state index contributed by atoms with van der Waals surface area (Å²) < 4.78 is 41.0. The molecule has 0 saturated carbocycles. The molecule has 1 heterocycles. The van der Waals surface area contributed by atoms with E-state index in [0.717, 1.165) is 12.1 Å². The first-order valence-corrected chi connectivity index (χ1v) is 7.72. The first kappa shape index (κ1) is 17.5. The first-order chi connectivity index (χ1) is 12.5. The smallest absolute Gasteiger partial charge is 0.253 e. The summed E-state index contributed by atoms with van der Waals surface area (Å²) in [6.07, 6.45) is 2.64. The Hall–Kier alpha value is -3.35. The first-order valence-electron chi connectivity index (χ1n) is 7.72. The second-order valence-corrected chi connectivity index (χ2v) is 5.46. The molecule has 1 amide bonds. The zero-order valence-corrected chi connectivity index (χ0v) is 13.5. The number of nitrogens with zero attached hydrogens (tertiary/aromatic N) is 1. The second kappa shape index (κ2) is 7.69. The topological polar surface area (TPSA) is 54.0 Å². The molecule has 4 nitrogen and oxygen atoms in total. The molecule has 2 aromatic carbocycles. The van der Waals surface area contributed by atoms with Crippen LogP contribution in [-0.2, 0) is 6.54 Å². The molecule has 0 aliphatic carbocycles. The lowest BCUT2D eigenvalue weighted by Crippen LogP contribution is -2.23. The summed E-state index contributed by atoms with van der Waals surface area (Å²) in [4.78, 5) is 16.1. The Kier molecular flexibility index (Phi) is 5.17. The molecule has 0 atom stereocenters. The van der Waals surface area contributed by atoms with Crippen LogP contribution in [0, 0.1) is 17.5 Å². The van der Waals surface area contributed by atoms with Crippen molar-refractivity contribution in [2.24, 2.45) is 0 Å². The molecule has 0 aliphatic heterocycles. The van der Waals surface area contributed by atoms with E-state index in [2.05, 4.69) is 15.6 Å². The summed E-state index contributed by atoms with van der Waals surface area (Å²) in [6.45, 7) is 0.00506. The van der Waals surface area contributed by atoms with Gasteiger partial charge in [-0.1, -0.05) is 24.3 Å². The number of benzene rings is 2. The Morgan fingerprint density at radius 1 is 0.923 bits per heavy atom. The maximum Gasteiger partial charge on any atom is 0.253 e. The molecular weight excluding hydrogens is 343 g/mol. The molecule has 0 spiro atoms.